The zero-order chi connectivity index (χ0) is 13.1. The van der Waals surface area contributed by atoms with E-state index >= 15 is 0 Å². The van der Waals surface area contributed by atoms with E-state index in [1.165, 1.54) is 0 Å². The lowest BCUT2D eigenvalue weighted by Crippen LogP contribution is -2.51. The molecule has 1 N–H and O–H groups in total. The van der Waals surface area contributed by atoms with Gasteiger partial charge in [0.2, 0.25) is 0 Å². The van der Waals surface area contributed by atoms with E-state index in [1.807, 2.05) is 12.1 Å². The Kier molecular flexibility index (Phi) is 4.65. The van der Waals surface area contributed by atoms with Gasteiger partial charge in [0.25, 0.3) is 0 Å². The molecule has 1 atom stereocenters. The van der Waals surface area contributed by atoms with E-state index in [1.54, 1.807) is 6.07 Å². The summed E-state index contributed by atoms with van der Waals surface area (Å²) < 4.78 is 1.02. The molecule has 0 radical (unpaired) electrons. The number of phenols is 1. The van der Waals surface area contributed by atoms with Gasteiger partial charge in [-0.3, -0.25) is 9.80 Å². The van der Waals surface area contributed by atoms with E-state index in [-0.39, 0.29) is 0 Å². The monoisotopic (exact) mass is 312 g/mol. The molecule has 1 aromatic rings. The van der Waals surface area contributed by atoms with Crippen LogP contribution in [-0.2, 0) is 6.54 Å². The van der Waals surface area contributed by atoms with Crippen molar-refractivity contribution in [1.29, 1.82) is 0 Å². The van der Waals surface area contributed by atoms with Crippen molar-refractivity contribution >= 4 is 15.9 Å². The van der Waals surface area contributed by atoms with E-state index in [4.69, 9.17) is 0 Å². The van der Waals surface area contributed by atoms with Gasteiger partial charge < -0.3 is 5.11 Å². The molecule has 1 unspecified atom stereocenters. The maximum atomic E-state index is 9.87. The number of halogens is 1. The van der Waals surface area contributed by atoms with E-state index in [0.717, 1.165) is 42.8 Å². The summed E-state index contributed by atoms with van der Waals surface area (Å²) >= 11 is 3.46. The minimum absolute atomic E-state index is 0.392. The van der Waals surface area contributed by atoms with Crippen molar-refractivity contribution in [2.24, 2.45) is 0 Å². The molecular formula is C14H21BrN2O. The number of piperazine rings is 1. The minimum Gasteiger partial charge on any atom is -0.508 e. The lowest BCUT2D eigenvalue weighted by molar-refractivity contribution is 0.0829. The molecule has 1 saturated heterocycles. The van der Waals surface area contributed by atoms with Gasteiger partial charge in [-0.1, -0.05) is 22.9 Å². The van der Waals surface area contributed by atoms with Crippen LogP contribution in [0.15, 0.2) is 22.7 Å². The first-order valence-corrected chi connectivity index (χ1v) is 7.33. The van der Waals surface area contributed by atoms with E-state index < -0.39 is 0 Å². The van der Waals surface area contributed by atoms with Crippen LogP contribution in [0.2, 0.25) is 0 Å². The van der Waals surface area contributed by atoms with Crippen LogP contribution in [0.25, 0.3) is 0 Å². The summed E-state index contributed by atoms with van der Waals surface area (Å²) in [6, 6.07) is 6.23. The molecule has 1 aliphatic rings. The first kappa shape index (κ1) is 13.8. The average Bonchev–Trinajstić information content (AvgIpc) is 2.34. The molecular weight excluding hydrogens is 292 g/mol. The molecule has 0 amide bonds. The van der Waals surface area contributed by atoms with Gasteiger partial charge in [-0.05, 0) is 31.7 Å². The fourth-order valence-corrected chi connectivity index (χ4v) is 3.01. The second kappa shape index (κ2) is 6.04. The molecule has 0 bridgehead atoms. The summed E-state index contributed by atoms with van der Waals surface area (Å²) in [5, 5.41) is 9.87. The topological polar surface area (TPSA) is 26.7 Å². The van der Waals surface area contributed by atoms with E-state index in [9.17, 15) is 5.11 Å². The molecule has 4 heteroatoms. The highest BCUT2D eigenvalue weighted by Gasteiger charge is 2.22. The van der Waals surface area contributed by atoms with Gasteiger partial charge in [0.1, 0.15) is 5.75 Å². The SMILES string of the molecule is CCN1CCN(Cc2cc(Br)ccc2O)CC1C. The van der Waals surface area contributed by atoms with Crippen LogP contribution < -0.4 is 0 Å². The number of hydrogen-bond donors (Lipinski definition) is 1. The van der Waals surface area contributed by atoms with Gasteiger partial charge in [-0.2, -0.15) is 0 Å². The van der Waals surface area contributed by atoms with Gasteiger partial charge in [-0.15, -0.1) is 0 Å². The predicted molar refractivity (Wildman–Crippen MR) is 77.8 cm³/mol. The summed E-state index contributed by atoms with van der Waals surface area (Å²) in [4.78, 5) is 4.91. The van der Waals surface area contributed by atoms with Crippen molar-refractivity contribution in [1.82, 2.24) is 9.80 Å². The Morgan fingerprint density at radius 3 is 2.83 bits per heavy atom. The Labute approximate surface area is 118 Å². The summed E-state index contributed by atoms with van der Waals surface area (Å²) in [5.41, 5.74) is 1.00. The van der Waals surface area contributed by atoms with Gasteiger partial charge in [0.15, 0.2) is 0 Å². The zero-order valence-electron chi connectivity index (χ0n) is 11.1. The smallest absolute Gasteiger partial charge is 0.120 e. The van der Waals surface area contributed by atoms with Gasteiger partial charge in [-0.25, -0.2) is 0 Å². The molecule has 1 heterocycles. The van der Waals surface area contributed by atoms with Crippen LogP contribution in [0.5, 0.6) is 5.75 Å². The molecule has 2 rings (SSSR count). The van der Waals surface area contributed by atoms with Crippen molar-refractivity contribution in [2.45, 2.75) is 26.4 Å². The number of hydrogen-bond acceptors (Lipinski definition) is 3. The van der Waals surface area contributed by atoms with Gasteiger partial charge in [0, 0.05) is 42.3 Å². The largest absolute Gasteiger partial charge is 0.508 e. The molecule has 100 valence electrons. The fraction of sp³-hybridized carbons (Fsp3) is 0.571. The van der Waals surface area contributed by atoms with Crippen LogP contribution in [0.3, 0.4) is 0 Å². The molecule has 0 aliphatic carbocycles. The molecule has 1 aromatic carbocycles. The van der Waals surface area contributed by atoms with Crippen LogP contribution >= 0.6 is 15.9 Å². The number of aromatic hydroxyl groups is 1. The number of nitrogens with zero attached hydrogens (tertiary/aromatic N) is 2. The first-order valence-electron chi connectivity index (χ1n) is 6.54. The molecule has 1 fully saturated rings. The summed E-state index contributed by atoms with van der Waals surface area (Å²) in [6.45, 7) is 9.70. The summed E-state index contributed by atoms with van der Waals surface area (Å²) in [7, 11) is 0. The van der Waals surface area contributed by atoms with Crippen LogP contribution in [0.4, 0.5) is 0 Å². The van der Waals surface area contributed by atoms with Crippen LogP contribution in [0.1, 0.15) is 19.4 Å². The third kappa shape index (κ3) is 3.25. The Morgan fingerprint density at radius 1 is 1.39 bits per heavy atom. The number of rotatable bonds is 3. The first-order chi connectivity index (χ1) is 8.60. The maximum absolute atomic E-state index is 9.87. The van der Waals surface area contributed by atoms with Crippen LogP contribution in [0, 0.1) is 0 Å². The highest BCUT2D eigenvalue weighted by atomic mass is 79.9. The molecule has 1 aliphatic heterocycles. The maximum Gasteiger partial charge on any atom is 0.120 e. The van der Waals surface area contributed by atoms with E-state index in [2.05, 4.69) is 39.6 Å². The lowest BCUT2D eigenvalue weighted by atomic mass is 10.1. The van der Waals surface area contributed by atoms with Crippen molar-refractivity contribution in [3.8, 4) is 5.75 Å². The van der Waals surface area contributed by atoms with E-state index in [0.29, 0.717) is 11.8 Å². The molecule has 3 nitrogen and oxygen atoms in total. The van der Waals surface area contributed by atoms with Crippen molar-refractivity contribution in [3.63, 3.8) is 0 Å². The third-order valence-corrected chi connectivity index (χ3v) is 4.18. The Bertz CT molecular complexity index is 411. The van der Waals surface area contributed by atoms with Crippen molar-refractivity contribution in [3.05, 3.63) is 28.2 Å². The number of benzene rings is 1. The van der Waals surface area contributed by atoms with Gasteiger partial charge in [0.05, 0.1) is 0 Å². The predicted octanol–water partition coefficient (Wildman–Crippen LogP) is 2.68. The quantitative estimate of drug-likeness (QED) is 0.929. The number of likely N-dealkylation sites (N-methyl/N-ethyl adjacent to an activating group) is 1. The van der Waals surface area contributed by atoms with Crippen LogP contribution in [-0.4, -0.2) is 47.1 Å². The van der Waals surface area contributed by atoms with Crippen molar-refractivity contribution < 1.29 is 5.11 Å². The summed E-state index contributed by atoms with van der Waals surface area (Å²) in [6.07, 6.45) is 0. The Balaban J connectivity index is 2.00. The molecule has 0 spiro atoms. The lowest BCUT2D eigenvalue weighted by Gasteiger charge is -2.39. The average molecular weight is 313 g/mol. The second-order valence-electron chi connectivity index (χ2n) is 4.99. The third-order valence-electron chi connectivity index (χ3n) is 3.69. The molecule has 18 heavy (non-hydrogen) atoms. The molecule has 0 aromatic heterocycles. The fourth-order valence-electron chi connectivity index (χ4n) is 2.61. The Morgan fingerprint density at radius 2 is 2.17 bits per heavy atom. The number of phenolic OH excluding ortho intramolecular Hbond substituents is 1. The minimum atomic E-state index is 0.392. The zero-order valence-corrected chi connectivity index (χ0v) is 12.7. The second-order valence-corrected chi connectivity index (χ2v) is 5.90. The standard InChI is InChI=1S/C14H21BrN2O/c1-3-17-7-6-16(9-11(17)2)10-12-8-13(15)4-5-14(12)18/h4-5,8,11,18H,3,6-7,9-10H2,1-2H3. The normalized spacial score (nSPS) is 22.3. The summed E-state index contributed by atoms with van der Waals surface area (Å²) in [5.74, 6) is 0.392. The molecule has 0 saturated carbocycles. The van der Waals surface area contributed by atoms with Gasteiger partial charge >= 0.3 is 0 Å². The highest BCUT2D eigenvalue weighted by molar-refractivity contribution is 9.10. The van der Waals surface area contributed by atoms with Crippen molar-refractivity contribution in [2.75, 3.05) is 26.2 Å². The highest BCUT2D eigenvalue weighted by Crippen LogP contribution is 2.24. The Hall–Kier alpha value is -0.580.